The van der Waals surface area contributed by atoms with Crippen LogP contribution in [-0.2, 0) is 16.0 Å². The van der Waals surface area contributed by atoms with Crippen LogP contribution in [-0.4, -0.2) is 35.9 Å². The molecule has 0 bridgehead atoms. The molecule has 0 saturated heterocycles. The number of rotatable bonds is 3. The molecule has 0 saturated carbocycles. The number of hydrazine groups is 1. The number of hydrogen-bond acceptors (Lipinski definition) is 2. The van der Waals surface area contributed by atoms with Crippen molar-refractivity contribution in [3.63, 3.8) is 0 Å². The summed E-state index contributed by atoms with van der Waals surface area (Å²) in [7, 11) is 3.26. The molecule has 0 unspecified atom stereocenters. The highest BCUT2D eigenvalue weighted by Gasteiger charge is 2.21. The summed E-state index contributed by atoms with van der Waals surface area (Å²) in [6.45, 7) is 3.64. The van der Waals surface area contributed by atoms with E-state index in [1.54, 1.807) is 14.1 Å². The smallest absolute Gasteiger partial charge is 0.245 e. The third-order valence-electron chi connectivity index (χ3n) is 3.85. The van der Waals surface area contributed by atoms with Crippen LogP contribution in [0.3, 0.4) is 0 Å². The fourth-order valence-corrected chi connectivity index (χ4v) is 2.41. The third kappa shape index (κ3) is 3.27. The maximum atomic E-state index is 12.5. The normalized spacial score (nSPS) is 10.8. The zero-order chi connectivity index (χ0) is 16.3. The van der Waals surface area contributed by atoms with Gasteiger partial charge in [-0.15, -0.1) is 0 Å². The van der Waals surface area contributed by atoms with Gasteiger partial charge < -0.3 is 0 Å². The lowest BCUT2D eigenvalue weighted by atomic mass is 10.0. The quantitative estimate of drug-likeness (QED) is 0.818. The van der Waals surface area contributed by atoms with Crippen molar-refractivity contribution in [1.29, 1.82) is 0 Å². The molecule has 116 valence electrons. The first-order valence-electron chi connectivity index (χ1n) is 7.42. The lowest BCUT2D eigenvalue weighted by Gasteiger charge is -2.29. The Hall–Kier alpha value is -2.36. The van der Waals surface area contributed by atoms with E-state index in [1.165, 1.54) is 10.0 Å². The van der Waals surface area contributed by atoms with Crippen molar-refractivity contribution in [2.24, 2.45) is 5.92 Å². The molecule has 4 heteroatoms. The first kappa shape index (κ1) is 16.0. The largest absolute Gasteiger partial charge is 0.273 e. The van der Waals surface area contributed by atoms with E-state index < -0.39 is 0 Å². The first-order chi connectivity index (χ1) is 10.4. The van der Waals surface area contributed by atoms with Gasteiger partial charge in [-0.3, -0.25) is 19.6 Å². The maximum Gasteiger partial charge on any atom is 0.245 e. The standard InChI is InChI=1S/C18H22N2O2/c1-13(2)18(22)20(4)19(3)17(21)12-15-10-7-9-14-8-5-6-11-16(14)15/h5-11,13H,12H2,1-4H3. The van der Waals surface area contributed by atoms with E-state index in [2.05, 4.69) is 0 Å². The molecule has 0 aliphatic heterocycles. The van der Waals surface area contributed by atoms with Crippen LogP contribution in [0.15, 0.2) is 42.5 Å². The first-order valence-corrected chi connectivity index (χ1v) is 7.42. The van der Waals surface area contributed by atoms with Crippen molar-refractivity contribution >= 4 is 22.6 Å². The second kappa shape index (κ2) is 6.60. The molecule has 0 heterocycles. The predicted molar refractivity (Wildman–Crippen MR) is 88.0 cm³/mol. The van der Waals surface area contributed by atoms with Crippen molar-refractivity contribution in [3.05, 3.63) is 48.0 Å². The monoisotopic (exact) mass is 298 g/mol. The van der Waals surface area contributed by atoms with E-state index in [1.807, 2.05) is 56.3 Å². The Bertz CT molecular complexity index is 689. The molecule has 22 heavy (non-hydrogen) atoms. The lowest BCUT2D eigenvalue weighted by Crippen LogP contribution is -2.47. The van der Waals surface area contributed by atoms with Gasteiger partial charge in [0.25, 0.3) is 0 Å². The molecule has 0 atom stereocenters. The zero-order valence-corrected chi connectivity index (χ0v) is 13.5. The van der Waals surface area contributed by atoms with Gasteiger partial charge in [-0.1, -0.05) is 56.3 Å². The van der Waals surface area contributed by atoms with Crippen LogP contribution in [0.25, 0.3) is 10.8 Å². The molecule has 2 rings (SSSR count). The van der Waals surface area contributed by atoms with Crippen LogP contribution in [0.1, 0.15) is 19.4 Å². The number of carbonyl (C=O) groups excluding carboxylic acids is 2. The Kier molecular flexibility index (Phi) is 4.81. The van der Waals surface area contributed by atoms with Crippen LogP contribution < -0.4 is 0 Å². The van der Waals surface area contributed by atoms with Crippen LogP contribution in [0.5, 0.6) is 0 Å². The van der Waals surface area contributed by atoms with E-state index in [0.29, 0.717) is 0 Å². The Balaban J connectivity index is 2.19. The minimum absolute atomic E-state index is 0.0752. The molecule has 0 aliphatic carbocycles. The highest BCUT2D eigenvalue weighted by atomic mass is 16.2. The SMILES string of the molecule is CC(C)C(=O)N(C)N(C)C(=O)Cc1cccc2ccccc12. The van der Waals surface area contributed by atoms with Gasteiger partial charge in [-0.25, -0.2) is 0 Å². The van der Waals surface area contributed by atoms with Gasteiger partial charge in [0.15, 0.2) is 0 Å². The summed E-state index contributed by atoms with van der Waals surface area (Å²) in [5, 5.41) is 4.97. The number of benzene rings is 2. The van der Waals surface area contributed by atoms with E-state index in [0.717, 1.165) is 16.3 Å². The molecule has 4 nitrogen and oxygen atoms in total. The molecule has 0 N–H and O–H groups in total. The molecular formula is C18H22N2O2. The number of nitrogens with zero attached hydrogens (tertiary/aromatic N) is 2. The van der Waals surface area contributed by atoms with Crippen molar-refractivity contribution in [2.45, 2.75) is 20.3 Å². The minimum atomic E-state index is -0.141. The number of amides is 2. The van der Waals surface area contributed by atoms with Crippen molar-refractivity contribution in [1.82, 2.24) is 10.0 Å². The lowest BCUT2D eigenvalue weighted by molar-refractivity contribution is -0.159. The van der Waals surface area contributed by atoms with Crippen LogP contribution in [0.4, 0.5) is 0 Å². The Labute approximate surface area is 131 Å². The average Bonchev–Trinajstić information content (AvgIpc) is 2.52. The topological polar surface area (TPSA) is 40.6 Å². The predicted octanol–water partition coefficient (Wildman–Crippen LogP) is 2.87. The minimum Gasteiger partial charge on any atom is -0.273 e. The maximum absolute atomic E-state index is 12.5. The van der Waals surface area contributed by atoms with Crippen LogP contribution in [0.2, 0.25) is 0 Å². The van der Waals surface area contributed by atoms with E-state index in [-0.39, 0.29) is 24.2 Å². The van der Waals surface area contributed by atoms with Gasteiger partial charge >= 0.3 is 0 Å². The second-order valence-corrected chi connectivity index (χ2v) is 5.75. The Morgan fingerprint density at radius 2 is 1.59 bits per heavy atom. The summed E-state index contributed by atoms with van der Waals surface area (Å²) in [4.78, 5) is 24.4. The van der Waals surface area contributed by atoms with Crippen LogP contribution in [0, 0.1) is 5.92 Å². The fraction of sp³-hybridized carbons (Fsp3) is 0.333. The van der Waals surface area contributed by atoms with Gasteiger partial charge in [0, 0.05) is 20.0 Å². The summed E-state index contributed by atoms with van der Waals surface area (Å²) in [6.07, 6.45) is 0.271. The number of likely N-dealkylation sites (N-methyl/N-ethyl adjacent to an activating group) is 1. The summed E-state index contributed by atoms with van der Waals surface area (Å²) in [5.74, 6) is -0.320. The average molecular weight is 298 g/mol. The molecule has 2 amide bonds. The second-order valence-electron chi connectivity index (χ2n) is 5.75. The number of fused-ring (bicyclic) bond motifs is 1. The fourth-order valence-electron chi connectivity index (χ4n) is 2.41. The molecule has 2 aromatic rings. The summed E-state index contributed by atoms with van der Waals surface area (Å²) in [5.41, 5.74) is 0.973. The molecule has 0 aliphatic rings. The van der Waals surface area contributed by atoms with Crippen LogP contribution >= 0.6 is 0 Å². The highest BCUT2D eigenvalue weighted by molar-refractivity contribution is 5.91. The molecule has 0 spiro atoms. The Morgan fingerprint density at radius 3 is 2.27 bits per heavy atom. The summed E-state index contributed by atoms with van der Waals surface area (Å²) in [6, 6.07) is 13.9. The van der Waals surface area contributed by atoms with Gasteiger partial charge in [0.05, 0.1) is 6.42 Å². The molecule has 0 radical (unpaired) electrons. The number of hydrogen-bond donors (Lipinski definition) is 0. The van der Waals surface area contributed by atoms with E-state index in [4.69, 9.17) is 0 Å². The van der Waals surface area contributed by atoms with Crippen molar-refractivity contribution < 1.29 is 9.59 Å². The Morgan fingerprint density at radius 1 is 0.955 bits per heavy atom. The summed E-state index contributed by atoms with van der Waals surface area (Å²) >= 11 is 0. The molecule has 2 aromatic carbocycles. The third-order valence-corrected chi connectivity index (χ3v) is 3.85. The molecule has 0 fully saturated rings. The number of carbonyl (C=O) groups is 2. The summed E-state index contributed by atoms with van der Waals surface area (Å²) < 4.78 is 0. The van der Waals surface area contributed by atoms with Crippen molar-refractivity contribution in [3.8, 4) is 0 Å². The van der Waals surface area contributed by atoms with Gasteiger partial charge in [-0.2, -0.15) is 0 Å². The van der Waals surface area contributed by atoms with Gasteiger partial charge in [0.2, 0.25) is 11.8 Å². The molecular weight excluding hydrogens is 276 g/mol. The van der Waals surface area contributed by atoms with Gasteiger partial charge in [0.1, 0.15) is 0 Å². The molecule has 0 aromatic heterocycles. The van der Waals surface area contributed by atoms with E-state index >= 15 is 0 Å². The zero-order valence-electron chi connectivity index (χ0n) is 13.5. The van der Waals surface area contributed by atoms with Gasteiger partial charge in [-0.05, 0) is 16.3 Å². The van der Waals surface area contributed by atoms with Crippen molar-refractivity contribution in [2.75, 3.05) is 14.1 Å². The highest BCUT2D eigenvalue weighted by Crippen LogP contribution is 2.19. The van der Waals surface area contributed by atoms with E-state index in [9.17, 15) is 9.59 Å².